The van der Waals surface area contributed by atoms with Crippen LogP contribution in [0.3, 0.4) is 0 Å². The van der Waals surface area contributed by atoms with Crippen LogP contribution in [0.15, 0.2) is 48.7 Å². The lowest BCUT2D eigenvalue weighted by atomic mass is 10.1. The molecule has 0 fully saturated rings. The van der Waals surface area contributed by atoms with E-state index < -0.39 is 0 Å². The highest BCUT2D eigenvalue weighted by molar-refractivity contribution is 6.36. The van der Waals surface area contributed by atoms with E-state index in [0.717, 1.165) is 10.9 Å². The van der Waals surface area contributed by atoms with E-state index in [1.165, 1.54) is 6.07 Å². The number of hydrogen-bond acceptors (Lipinski definition) is 2. The molecule has 0 spiro atoms. The zero-order chi connectivity index (χ0) is 18.7. The van der Waals surface area contributed by atoms with E-state index in [0.29, 0.717) is 22.7 Å². The number of carbonyl (C=O) groups is 2. The van der Waals surface area contributed by atoms with Crippen LogP contribution in [0.4, 0.5) is 0 Å². The van der Waals surface area contributed by atoms with Crippen LogP contribution in [0.2, 0.25) is 10.0 Å². The molecule has 1 heterocycles. The van der Waals surface area contributed by atoms with E-state index in [9.17, 15) is 9.59 Å². The fraction of sp³-hybridized carbons (Fsp3) is 0.158. The number of amides is 2. The van der Waals surface area contributed by atoms with Crippen LogP contribution < -0.4 is 10.6 Å². The van der Waals surface area contributed by atoms with Crippen LogP contribution in [0.1, 0.15) is 20.7 Å². The molecule has 7 heteroatoms. The van der Waals surface area contributed by atoms with E-state index in [-0.39, 0.29) is 23.4 Å². The van der Waals surface area contributed by atoms with Gasteiger partial charge in [0.25, 0.3) is 11.8 Å². The number of halogens is 2. The van der Waals surface area contributed by atoms with Crippen molar-refractivity contribution in [3.05, 3.63) is 69.8 Å². The van der Waals surface area contributed by atoms with Gasteiger partial charge >= 0.3 is 0 Å². The average Bonchev–Trinajstić information content (AvgIpc) is 2.96. The number of para-hydroxylation sites is 1. The van der Waals surface area contributed by atoms with Gasteiger partial charge in [-0.2, -0.15) is 0 Å². The standard InChI is InChI=1S/C19H17Cl2N3O2/c1-24-11-15(13-4-2-3-5-17(13)24)19(26)23-9-8-22-18(25)14-7-6-12(20)10-16(14)21/h2-7,10-11H,8-9H2,1H3,(H,22,25)(H,23,26). The van der Waals surface area contributed by atoms with Crippen LogP contribution in [0, 0.1) is 0 Å². The molecule has 0 aliphatic carbocycles. The minimum atomic E-state index is -0.314. The van der Waals surface area contributed by atoms with E-state index in [4.69, 9.17) is 23.2 Å². The summed E-state index contributed by atoms with van der Waals surface area (Å²) in [5.41, 5.74) is 1.94. The van der Waals surface area contributed by atoms with E-state index in [1.54, 1.807) is 18.3 Å². The van der Waals surface area contributed by atoms with E-state index >= 15 is 0 Å². The molecule has 134 valence electrons. The molecular weight excluding hydrogens is 373 g/mol. The molecule has 2 amide bonds. The summed E-state index contributed by atoms with van der Waals surface area (Å²) in [6.45, 7) is 0.591. The van der Waals surface area contributed by atoms with Gasteiger partial charge in [-0.05, 0) is 24.3 Å². The van der Waals surface area contributed by atoms with Crippen molar-refractivity contribution in [3.63, 3.8) is 0 Å². The summed E-state index contributed by atoms with van der Waals surface area (Å²) < 4.78 is 1.91. The van der Waals surface area contributed by atoms with Gasteiger partial charge in [0.05, 0.1) is 16.1 Å². The highest BCUT2D eigenvalue weighted by atomic mass is 35.5. The number of fused-ring (bicyclic) bond motifs is 1. The topological polar surface area (TPSA) is 63.1 Å². The lowest BCUT2D eigenvalue weighted by Gasteiger charge is -2.08. The quantitative estimate of drug-likeness (QED) is 0.654. The number of rotatable bonds is 5. The summed E-state index contributed by atoms with van der Waals surface area (Å²) in [6, 6.07) is 12.4. The van der Waals surface area contributed by atoms with Crippen molar-refractivity contribution in [1.82, 2.24) is 15.2 Å². The van der Waals surface area contributed by atoms with Gasteiger partial charge < -0.3 is 15.2 Å². The predicted molar refractivity (Wildman–Crippen MR) is 104 cm³/mol. The molecule has 0 bridgehead atoms. The molecule has 2 N–H and O–H groups in total. The van der Waals surface area contributed by atoms with Gasteiger partial charge in [-0.15, -0.1) is 0 Å². The fourth-order valence-electron chi connectivity index (χ4n) is 2.74. The smallest absolute Gasteiger partial charge is 0.253 e. The Morgan fingerprint density at radius 2 is 1.62 bits per heavy atom. The summed E-state index contributed by atoms with van der Waals surface area (Å²) in [4.78, 5) is 24.5. The van der Waals surface area contributed by atoms with Crippen LogP contribution >= 0.6 is 23.2 Å². The molecule has 0 aliphatic rings. The van der Waals surface area contributed by atoms with Crippen molar-refractivity contribution < 1.29 is 9.59 Å². The van der Waals surface area contributed by atoms with Crippen LogP contribution in [0.5, 0.6) is 0 Å². The lowest BCUT2D eigenvalue weighted by molar-refractivity contribution is 0.0928. The molecule has 5 nitrogen and oxygen atoms in total. The molecule has 26 heavy (non-hydrogen) atoms. The van der Waals surface area contributed by atoms with Crippen molar-refractivity contribution in [2.24, 2.45) is 7.05 Å². The Balaban J connectivity index is 1.56. The average molecular weight is 390 g/mol. The molecule has 0 unspecified atom stereocenters. The second-order valence-corrected chi connectivity index (χ2v) is 6.65. The van der Waals surface area contributed by atoms with Crippen molar-refractivity contribution in [2.75, 3.05) is 13.1 Å². The van der Waals surface area contributed by atoms with E-state index in [1.807, 2.05) is 35.9 Å². The number of nitrogens with zero attached hydrogens (tertiary/aromatic N) is 1. The van der Waals surface area contributed by atoms with Crippen LogP contribution in [0.25, 0.3) is 10.9 Å². The third-order valence-electron chi connectivity index (χ3n) is 4.01. The maximum Gasteiger partial charge on any atom is 0.253 e. The van der Waals surface area contributed by atoms with Gasteiger partial charge in [-0.3, -0.25) is 9.59 Å². The molecule has 2 aromatic carbocycles. The Hall–Kier alpha value is -2.50. The molecule has 3 aromatic rings. The van der Waals surface area contributed by atoms with Gasteiger partial charge in [0, 0.05) is 42.3 Å². The number of hydrogen-bond donors (Lipinski definition) is 2. The van der Waals surface area contributed by atoms with Crippen molar-refractivity contribution in [3.8, 4) is 0 Å². The normalized spacial score (nSPS) is 10.7. The first-order chi connectivity index (χ1) is 12.5. The number of nitrogens with one attached hydrogen (secondary N) is 2. The van der Waals surface area contributed by atoms with Crippen molar-refractivity contribution in [1.29, 1.82) is 0 Å². The van der Waals surface area contributed by atoms with Crippen molar-refractivity contribution in [2.45, 2.75) is 0 Å². The SMILES string of the molecule is Cn1cc(C(=O)NCCNC(=O)c2ccc(Cl)cc2Cl)c2ccccc21. The Labute approximate surface area is 160 Å². The second kappa shape index (κ2) is 7.81. The van der Waals surface area contributed by atoms with Gasteiger partial charge in [0.1, 0.15) is 0 Å². The van der Waals surface area contributed by atoms with Gasteiger partial charge in [-0.1, -0.05) is 41.4 Å². The number of aryl methyl sites for hydroxylation is 1. The maximum atomic E-state index is 12.4. The van der Waals surface area contributed by atoms with Gasteiger partial charge in [-0.25, -0.2) is 0 Å². The lowest BCUT2D eigenvalue weighted by Crippen LogP contribution is -2.34. The molecule has 3 rings (SSSR count). The summed E-state index contributed by atoms with van der Waals surface area (Å²) in [7, 11) is 1.90. The van der Waals surface area contributed by atoms with Crippen LogP contribution in [-0.2, 0) is 7.05 Å². The first kappa shape index (κ1) is 18.3. The Bertz CT molecular complexity index is 982. The fourth-order valence-corrected chi connectivity index (χ4v) is 3.23. The first-order valence-corrected chi connectivity index (χ1v) is 8.78. The maximum absolute atomic E-state index is 12.4. The number of benzene rings is 2. The minimum Gasteiger partial charge on any atom is -0.350 e. The summed E-state index contributed by atoms with van der Waals surface area (Å²) in [5.74, 6) is -0.494. The largest absolute Gasteiger partial charge is 0.350 e. The second-order valence-electron chi connectivity index (χ2n) is 5.81. The predicted octanol–water partition coefficient (Wildman–Crippen LogP) is 3.64. The monoisotopic (exact) mass is 389 g/mol. The highest BCUT2D eigenvalue weighted by Gasteiger charge is 2.14. The molecule has 0 aliphatic heterocycles. The third kappa shape index (κ3) is 3.84. The van der Waals surface area contributed by atoms with Gasteiger partial charge in [0.15, 0.2) is 0 Å². The summed E-state index contributed by atoms with van der Waals surface area (Å²) >= 11 is 11.8. The van der Waals surface area contributed by atoms with Gasteiger partial charge in [0.2, 0.25) is 0 Å². The zero-order valence-corrected chi connectivity index (χ0v) is 15.6. The molecule has 0 atom stereocenters. The van der Waals surface area contributed by atoms with Crippen LogP contribution in [-0.4, -0.2) is 29.5 Å². The van der Waals surface area contributed by atoms with Crippen molar-refractivity contribution >= 4 is 45.9 Å². The Kier molecular flexibility index (Phi) is 5.49. The summed E-state index contributed by atoms with van der Waals surface area (Å²) in [5, 5.41) is 7.18. The number of aromatic nitrogens is 1. The Morgan fingerprint density at radius 1 is 0.962 bits per heavy atom. The third-order valence-corrected chi connectivity index (χ3v) is 4.56. The summed E-state index contributed by atoms with van der Waals surface area (Å²) in [6.07, 6.45) is 1.80. The molecular formula is C19H17Cl2N3O2. The highest BCUT2D eigenvalue weighted by Crippen LogP contribution is 2.21. The molecule has 1 aromatic heterocycles. The number of carbonyl (C=O) groups excluding carboxylic acids is 2. The minimum absolute atomic E-state index is 0.180. The molecule has 0 saturated heterocycles. The zero-order valence-electron chi connectivity index (χ0n) is 14.1. The van der Waals surface area contributed by atoms with E-state index in [2.05, 4.69) is 10.6 Å². The molecule has 0 radical (unpaired) electrons. The molecule has 0 saturated carbocycles. The Morgan fingerprint density at radius 3 is 2.31 bits per heavy atom. The first-order valence-electron chi connectivity index (χ1n) is 8.03.